The lowest BCUT2D eigenvalue weighted by molar-refractivity contribution is -0.142. The Morgan fingerprint density at radius 1 is 1.31 bits per heavy atom. The SMILES string of the molecule is NCCC(CCOc1ccccc1)C(=O)O. The molecule has 4 heteroatoms. The number of carbonyl (C=O) groups is 1. The molecule has 1 rings (SSSR count). The first kappa shape index (κ1) is 12.5. The van der Waals surface area contributed by atoms with Crippen molar-refractivity contribution in [3.05, 3.63) is 30.3 Å². The molecule has 4 nitrogen and oxygen atoms in total. The Kier molecular flexibility index (Phi) is 5.36. The third kappa shape index (κ3) is 4.31. The van der Waals surface area contributed by atoms with E-state index in [4.69, 9.17) is 15.6 Å². The summed E-state index contributed by atoms with van der Waals surface area (Å²) in [6.07, 6.45) is 0.981. The maximum Gasteiger partial charge on any atom is 0.306 e. The zero-order valence-corrected chi connectivity index (χ0v) is 9.13. The highest BCUT2D eigenvalue weighted by molar-refractivity contribution is 5.69. The van der Waals surface area contributed by atoms with E-state index < -0.39 is 11.9 Å². The Bertz CT molecular complexity index is 313. The van der Waals surface area contributed by atoms with Crippen LogP contribution >= 0.6 is 0 Å². The molecule has 1 aromatic rings. The molecule has 88 valence electrons. The number of nitrogens with two attached hydrogens (primary N) is 1. The maximum absolute atomic E-state index is 10.8. The minimum atomic E-state index is -0.804. The molecule has 0 aliphatic heterocycles. The van der Waals surface area contributed by atoms with Crippen molar-refractivity contribution in [1.29, 1.82) is 0 Å². The second-order valence-corrected chi connectivity index (χ2v) is 3.56. The summed E-state index contributed by atoms with van der Waals surface area (Å²) in [5.74, 6) is -0.449. The Labute approximate surface area is 95.0 Å². The van der Waals surface area contributed by atoms with E-state index in [0.717, 1.165) is 5.75 Å². The Hall–Kier alpha value is -1.55. The fraction of sp³-hybridized carbons (Fsp3) is 0.417. The third-order valence-corrected chi connectivity index (χ3v) is 2.34. The van der Waals surface area contributed by atoms with E-state index in [-0.39, 0.29) is 0 Å². The van der Waals surface area contributed by atoms with E-state index >= 15 is 0 Å². The molecule has 0 aromatic heterocycles. The molecule has 0 bridgehead atoms. The summed E-state index contributed by atoms with van der Waals surface area (Å²) >= 11 is 0. The van der Waals surface area contributed by atoms with Crippen molar-refractivity contribution in [3.63, 3.8) is 0 Å². The van der Waals surface area contributed by atoms with Crippen LogP contribution in [0.2, 0.25) is 0 Å². The summed E-state index contributed by atoms with van der Waals surface area (Å²) < 4.78 is 5.43. The molecular formula is C12H17NO3. The second kappa shape index (κ2) is 6.85. The minimum absolute atomic E-state index is 0.391. The van der Waals surface area contributed by atoms with E-state index in [1.807, 2.05) is 30.3 Å². The van der Waals surface area contributed by atoms with Gasteiger partial charge in [0.05, 0.1) is 12.5 Å². The smallest absolute Gasteiger partial charge is 0.306 e. The van der Waals surface area contributed by atoms with Crippen LogP contribution in [-0.2, 0) is 4.79 Å². The highest BCUT2D eigenvalue weighted by Gasteiger charge is 2.16. The standard InChI is InChI=1S/C12H17NO3/c13-8-6-10(12(14)15)7-9-16-11-4-2-1-3-5-11/h1-5,10H,6-9,13H2,(H,14,15). The monoisotopic (exact) mass is 223 g/mol. The van der Waals surface area contributed by atoms with Gasteiger partial charge in [-0.3, -0.25) is 4.79 Å². The Morgan fingerprint density at radius 3 is 2.56 bits per heavy atom. The van der Waals surface area contributed by atoms with Crippen LogP contribution in [0.15, 0.2) is 30.3 Å². The number of ether oxygens (including phenoxy) is 1. The van der Waals surface area contributed by atoms with E-state index in [9.17, 15) is 4.79 Å². The van der Waals surface area contributed by atoms with Crippen LogP contribution in [0.4, 0.5) is 0 Å². The first-order valence-electron chi connectivity index (χ1n) is 5.34. The van der Waals surface area contributed by atoms with Gasteiger partial charge in [-0.2, -0.15) is 0 Å². The third-order valence-electron chi connectivity index (χ3n) is 2.34. The number of carboxylic acid groups (broad SMARTS) is 1. The number of benzene rings is 1. The van der Waals surface area contributed by atoms with E-state index in [2.05, 4.69) is 0 Å². The van der Waals surface area contributed by atoms with Crippen molar-refractivity contribution in [3.8, 4) is 5.75 Å². The first-order valence-corrected chi connectivity index (χ1v) is 5.34. The molecule has 0 aliphatic rings. The van der Waals surface area contributed by atoms with Crippen LogP contribution in [0, 0.1) is 5.92 Å². The predicted molar refractivity (Wildman–Crippen MR) is 61.4 cm³/mol. The average Bonchev–Trinajstić information content (AvgIpc) is 2.29. The summed E-state index contributed by atoms with van der Waals surface area (Å²) in [4.78, 5) is 10.8. The molecule has 1 unspecified atom stereocenters. The summed E-state index contributed by atoms with van der Waals surface area (Å²) in [5, 5.41) is 8.89. The number of hydrogen-bond donors (Lipinski definition) is 2. The average molecular weight is 223 g/mol. The minimum Gasteiger partial charge on any atom is -0.494 e. The summed E-state index contributed by atoms with van der Waals surface area (Å²) in [6, 6.07) is 9.35. The molecule has 0 radical (unpaired) electrons. The van der Waals surface area contributed by atoms with Crippen LogP contribution in [-0.4, -0.2) is 24.2 Å². The van der Waals surface area contributed by atoms with Gasteiger partial charge in [-0.15, -0.1) is 0 Å². The lowest BCUT2D eigenvalue weighted by atomic mass is 10.0. The topological polar surface area (TPSA) is 72.5 Å². The van der Waals surface area contributed by atoms with Gasteiger partial charge in [-0.25, -0.2) is 0 Å². The maximum atomic E-state index is 10.8. The molecule has 0 saturated carbocycles. The molecule has 1 aromatic carbocycles. The van der Waals surface area contributed by atoms with E-state index in [0.29, 0.717) is 26.0 Å². The lowest BCUT2D eigenvalue weighted by Crippen LogP contribution is -2.20. The van der Waals surface area contributed by atoms with E-state index in [1.54, 1.807) is 0 Å². The Balaban J connectivity index is 2.31. The molecule has 1 atom stereocenters. The van der Waals surface area contributed by atoms with Crippen LogP contribution in [0.25, 0.3) is 0 Å². The van der Waals surface area contributed by atoms with Gasteiger partial charge in [0.15, 0.2) is 0 Å². The molecule has 0 heterocycles. The van der Waals surface area contributed by atoms with Gasteiger partial charge in [-0.05, 0) is 31.5 Å². The number of hydrogen-bond acceptors (Lipinski definition) is 3. The second-order valence-electron chi connectivity index (χ2n) is 3.56. The van der Waals surface area contributed by atoms with Crippen LogP contribution < -0.4 is 10.5 Å². The fourth-order valence-electron chi connectivity index (χ4n) is 1.43. The molecule has 0 saturated heterocycles. The van der Waals surface area contributed by atoms with Crippen molar-refractivity contribution in [2.24, 2.45) is 11.7 Å². The zero-order valence-electron chi connectivity index (χ0n) is 9.13. The summed E-state index contributed by atoms with van der Waals surface area (Å²) in [6.45, 7) is 0.795. The molecule has 3 N–H and O–H groups in total. The van der Waals surface area contributed by atoms with Gasteiger partial charge in [0.2, 0.25) is 0 Å². The quantitative estimate of drug-likeness (QED) is 0.734. The number of aliphatic carboxylic acids is 1. The highest BCUT2D eigenvalue weighted by Crippen LogP contribution is 2.12. The first-order chi connectivity index (χ1) is 7.74. The lowest BCUT2D eigenvalue weighted by Gasteiger charge is -2.11. The molecule has 0 amide bonds. The van der Waals surface area contributed by atoms with E-state index in [1.165, 1.54) is 0 Å². The molecule has 0 aliphatic carbocycles. The van der Waals surface area contributed by atoms with Gasteiger partial charge in [0.25, 0.3) is 0 Å². The number of para-hydroxylation sites is 1. The zero-order chi connectivity index (χ0) is 11.8. The molecular weight excluding hydrogens is 206 g/mol. The predicted octanol–water partition coefficient (Wildman–Crippen LogP) is 1.51. The van der Waals surface area contributed by atoms with Crippen LogP contribution in [0.3, 0.4) is 0 Å². The molecule has 16 heavy (non-hydrogen) atoms. The largest absolute Gasteiger partial charge is 0.494 e. The summed E-state index contributed by atoms with van der Waals surface area (Å²) in [7, 11) is 0. The van der Waals surface area contributed by atoms with Crippen molar-refractivity contribution in [2.45, 2.75) is 12.8 Å². The van der Waals surface area contributed by atoms with Gasteiger partial charge in [0, 0.05) is 0 Å². The van der Waals surface area contributed by atoms with Gasteiger partial charge in [0.1, 0.15) is 5.75 Å². The van der Waals surface area contributed by atoms with Crippen molar-refractivity contribution < 1.29 is 14.6 Å². The van der Waals surface area contributed by atoms with Gasteiger partial charge >= 0.3 is 5.97 Å². The number of carboxylic acids is 1. The fourth-order valence-corrected chi connectivity index (χ4v) is 1.43. The number of rotatable bonds is 7. The van der Waals surface area contributed by atoms with Crippen molar-refractivity contribution >= 4 is 5.97 Å². The van der Waals surface area contributed by atoms with Crippen LogP contribution in [0.5, 0.6) is 5.75 Å². The van der Waals surface area contributed by atoms with Gasteiger partial charge in [-0.1, -0.05) is 18.2 Å². The normalized spacial score (nSPS) is 12.1. The molecule has 0 fully saturated rings. The van der Waals surface area contributed by atoms with Crippen LogP contribution in [0.1, 0.15) is 12.8 Å². The molecule has 0 spiro atoms. The van der Waals surface area contributed by atoms with Crippen molar-refractivity contribution in [2.75, 3.05) is 13.2 Å². The summed E-state index contributed by atoms with van der Waals surface area (Å²) in [5.41, 5.74) is 5.35. The highest BCUT2D eigenvalue weighted by atomic mass is 16.5. The van der Waals surface area contributed by atoms with Crippen molar-refractivity contribution in [1.82, 2.24) is 0 Å². The Morgan fingerprint density at radius 2 is 2.00 bits per heavy atom. The van der Waals surface area contributed by atoms with Gasteiger partial charge < -0.3 is 15.6 Å².